The van der Waals surface area contributed by atoms with Gasteiger partial charge in [0.1, 0.15) is 17.5 Å². The lowest BCUT2D eigenvalue weighted by Crippen LogP contribution is -2.47. The number of hydrogen-bond acceptors (Lipinski definition) is 6. The van der Waals surface area contributed by atoms with Gasteiger partial charge in [0.25, 0.3) is 11.8 Å². The Hall–Kier alpha value is -3.55. The van der Waals surface area contributed by atoms with Crippen LogP contribution in [0.15, 0.2) is 48.5 Å². The molecule has 1 atom stereocenters. The summed E-state index contributed by atoms with van der Waals surface area (Å²) < 4.78 is 15.7. The number of carbonyl (C=O) groups excluding carboxylic acids is 3. The van der Waals surface area contributed by atoms with Gasteiger partial charge in [-0.3, -0.25) is 9.59 Å². The number of ether oxygens (including phenoxy) is 3. The molecule has 178 valence electrons. The number of anilines is 1. The van der Waals surface area contributed by atoms with E-state index in [9.17, 15) is 14.4 Å². The average molecular weight is 457 g/mol. The van der Waals surface area contributed by atoms with Crippen molar-refractivity contribution >= 4 is 23.5 Å². The maximum absolute atomic E-state index is 12.8. The van der Waals surface area contributed by atoms with Gasteiger partial charge in [-0.25, -0.2) is 4.79 Å². The van der Waals surface area contributed by atoms with E-state index < -0.39 is 24.5 Å². The van der Waals surface area contributed by atoms with Crippen molar-refractivity contribution in [1.82, 2.24) is 5.32 Å². The van der Waals surface area contributed by atoms with Crippen LogP contribution in [0.1, 0.15) is 38.1 Å². The third-order valence-corrected chi connectivity index (χ3v) is 4.98. The van der Waals surface area contributed by atoms with Gasteiger partial charge in [-0.1, -0.05) is 32.0 Å². The number of methoxy groups -OCH3 is 2. The molecule has 0 aromatic heterocycles. The molecule has 2 aromatic carbocycles. The van der Waals surface area contributed by atoms with E-state index in [-0.39, 0.29) is 23.4 Å². The molecule has 1 N–H and O–H groups in total. The van der Waals surface area contributed by atoms with Crippen molar-refractivity contribution in [2.45, 2.75) is 39.8 Å². The summed E-state index contributed by atoms with van der Waals surface area (Å²) in [5, 5.41) is 2.69. The zero-order valence-corrected chi connectivity index (χ0v) is 20.0. The molecule has 2 aromatic rings. The van der Waals surface area contributed by atoms with Gasteiger partial charge in [-0.15, -0.1) is 0 Å². The van der Waals surface area contributed by atoms with Gasteiger partial charge in [0, 0.05) is 23.4 Å². The van der Waals surface area contributed by atoms with Crippen molar-refractivity contribution in [2.24, 2.45) is 5.92 Å². The summed E-state index contributed by atoms with van der Waals surface area (Å²) in [7, 11) is 2.97. The zero-order valence-electron chi connectivity index (χ0n) is 20.0. The number of carbonyl (C=O) groups is 3. The van der Waals surface area contributed by atoms with Gasteiger partial charge in [0.2, 0.25) is 0 Å². The molecular formula is C25H32N2O6. The van der Waals surface area contributed by atoms with Crippen molar-refractivity contribution in [3.63, 3.8) is 0 Å². The summed E-state index contributed by atoms with van der Waals surface area (Å²) in [5.74, 6) is -0.886. The molecular weight excluding hydrogens is 424 g/mol. The largest absolute Gasteiger partial charge is 0.497 e. The fraction of sp³-hybridized carbons (Fsp3) is 0.400. The molecule has 0 aliphatic carbocycles. The minimum atomic E-state index is -0.938. The molecule has 0 aliphatic rings. The molecule has 2 amide bonds. The molecule has 0 fully saturated rings. The molecule has 2 rings (SSSR count). The van der Waals surface area contributed by atoms with E-state index in [1.165, 1.54) is 14.2 Å². The molecule has 0 unspecified atom stereocenters. The fourth-order valence-electron chi connectivity index (χ4n) is 3.27. The van der Waals surface area contributed by atoms with Crippen LogP contribution in [-0.4, -0.2) is 50.7 Å². The first-order chi connectivity index (χ1) is 15.7. The van der Waals surface area contributed by atoms with Crippen LogP contribution in [0.2, 0.25) is 0 Å². The summed E-state index contributed by atoms with van der Waals surface area (Å²) in [4.78, 5) is 40.0. The highest BCUT2D eigenvalue weighted by molar-refractivity contribution is 5.98. The quantitative estimate of drug-likeness (QED) is 0.551. The molecule has 0 saturated carbocycles. The highest BCUT2D eigenvalue weighted by Crippen LogP contribution is 2.23. The number of nitrogens with zero attached hydrogens (tertiary/aromatic N) is 1. The summed E-state index contributed by atoms with van der Waals surface area (Å²) >= 11 is 0. The van der Waals surface area contributed by atoms with Crippen LogP contribution in [0.5, 0.6) is 11.5 Å². The van der Waals surface area contributed by atoms with Gasteiger partial charge >= 0.3 is 5.97 Å². The number of benzene rings is 2. The summed E-state index contributed by atoms with van der Waals surface area (Å²) in [6.45, 7) is 6.89. The molecule has 8 heteroatoms. The smallest absolute Gasteiger partial charge is 0.329 e. The van der Waals surface area contributed by atoms with Crippen molar-refractivity contribution in [1.29, 1.82) is 0 Å². The second-order valence-electron chi connectivity index (χ2n) is 8.10. The van der Waals surface area contributed by atoms with E-state index in [2.05, 4.69) is 5.32 Å². The van der Waals surface area contributed by atoms with E-state index >= 15 is 0 Å². The molecule has 0 saturated heterocycles. The van der Waals surface area contributed by atoms with Crippen LogP contribution in [0.4, 0.5) is 5.69 Å². The Kier molecular flexibility index (Phi) is 9.27. The lowest BCUT2D eigenvalue weighted by Gasteiger charge is -2.27. The van der Waals surface area contributed by atoms with Gasteiger partial charge < -0.3 is 24.4 Å². The Balaban J connectivity index is 2.09. The zero-order chi connectivity index (χ0) is 24.5. The van der Waals surface area contributed by atoms with Crippen LogP contribution in [-0.2, 0) is 14.3 Å². The maximum atomic E-state index is 12.8. The fourth-order valence-corrected chi connectivity index (χ4v) is 3.27. The predicted octanol–water partition coefficient (Wildman–Crippen LogP) is 3.44. The Morgan fingerprint density at radius 3 is 1.97 bits per heavy atom. The Morgan fingerprint density at radius 2 is 1.48 bits per heavy atom. The number of nitrogens with one attached hydrogen (secondary N) is 1. The summed E-state index contributed by atoms with van der Waals surface area (Å²) in [5.41, 5.74) is 0.991. The average Bonchev–Trinajstić information content (AvgIpc) is 2.80. The molecule has 0 aliphatic heterocycles. The SMILES string of the molecule is COc1cc(OC)cc(C(=O)N[C@H](C(=O)OCC(=O)N(c2ccccc2)C(C)C)C(C)C)c1. The van der Waals surface area contributed by atoms with Gasteiger partial charge in [-0.05, 0) is 44.0 Å². The molecule has 0 heterocycles. The van der Waals surface area contributed by atoms with Crippen LogP contribution < -0.4 is 19.7 Å². The standard InChI is InChI=1S/C25H32N2O6/c1-16(2)23(26-24(29)18-12-20(31-5)14-21(13-18)32-6)25(30)33-15-22(28)27(17(3)4)19-10-8-7-9-11-19/h7-14,16-17,23H,15H2,1-6H3,(H,26,29)/t23-/m0/s1. The lowest BCUT2D eigenvalue weighted by molar-refractivity contribution is -0.150. The molecule has 0 spiro atoms. The van der Waals surface area contributed by atoms with E-state index in [1.54, 1.807) is 36.9 Å². The van der Waals surface area contributed by atoms with Crippen LogP contribution in [0.25, 0.3) is 0 Å². The maximum Gasteiger partial charge on any atom is 0.329 e. The van der Waals surface area contributed by atoms with Crippen LogP contribution in [0, 0.1) is 5.92 Å². The molecule has 8 nitrogen and oxygen atoms in total. The number of para-hydroxylation sites is 1. The third kappa shape index (κ3) is 6.97. The van der Waals surface area contributed by atoms with Crippen molar-refractivity contribution in [2.75, 3.05) is 25.7 Å². The Morgan fingerprint density at radius 1 is 0.909 bits per heavy atom. The van der Waals surface area contributed by atoms with Crippen LogP contribution in [0.3, 0.4) is 0 Å². The number of esters is 1. The van der Waals surface area contributed by atoms with Gasteiger partial charge in [-0.2, -0.15) is 0 Å². The van der Waals surface area contributed by atoms with Crippen molar-refractivity contribution in [3.05, 3.63) is 54.1 Å². The third-order valence-electron chi connectivity index (χ3n) is 4.98. The number of hydrogen-bond donors (Lipinski definition) is 1. The van der Waals surface area contributed by atoms with Crippen molar-refractivity contribution < 1.29 is 28.6 Å². The first-order valence-corrected chi connectivity index (χ1v) is 10.8. The van der Waals surface area contributed by atoms with E-state index in [0.717, 1.165) is 0 Å². The first-order valence-electron chi connectivity index (χ1n) is 10.8. The number of amides is 2. The van der Waals surface area contributed by atoms with Gasteiger partial charge in [0.05, 0.1) is 14.2 Å². The van der Waals surface area contributed by atoms with Crippen LogP contribution >= 0.6 is 0 Å². The Labute approximate surface area is 194 Å². The minimum Gasteiger partial charge on any atom is -0.497 e. The number of rotatable bonds is 10. The van der Waals surface area contributed by atoms with E-state index in [1.807, 2.05) is 44.2 Å². The van der Waals surface area contributed by atoms with Gasteiger partial charge in [0.15, 0.2) is 6.61 Å². The predicted molar refractivity (Wildman–Crippen MR) is 126 cm³/mol. The summed E-state index contributed by atoms with van der Waals surface area (Å²) in [6, 6.07) is 12.8. The minimum absolute atomic E-state index is 0.123. The first kappa shape index (κ1) is 25.7. The highest BCUT2D eigenvalue weighted by Gasteiger charge is 2.28. The highest BCUT2D eigenvalue weighted by atomic mass is 16.5. The summed E-state index contributed by atoms with van der Waals surface area (Å²) in [6.07, 6.45) is 0. The Bertz CT molecular complexity index is 936. The topological polar surface area (TPSA) is 94.2 Å². The molecule has 0 radical (unpaired) electrons. The van der Waals surface area contributed by atoms with Crippen molar-refractivity contribution in [3.8, 4) is 11.5 Å². The lowest BCUT2D eigenvalue weighted by atomic mass is 10.0. The van der Waals surface area contributed by atoms with E-state index in [0.29, 0.717) is 17.2 Å². The second kappa shape index (κ2) is 11.9. The molecule has 0 bridgehead atoms. The normalized spacial score (nSPS) is 11.6. The van der Waals surface area contributed by atoms with E-state index in [4.69, 9.17) is 14.2 Å². The monoisotopic (exact) mass is 456 g/mol. The molecule has 33 heavy (non-hydrogen) atoms. The second-order valence-corrected chi connectivity index (χ2v) is 8.10.